The minimum atomic E-state index is -4.34. The Kier molecular flexibility index (Phi) is 3.27. The number of anilines is 1. The molecule has 3 rings (SSSR count). The van der Waals surface area contributed by atoms with E-state index in [0.29, 0.717) is 17.9 Å². The first-order valence-corrected chi connectivity index (χ1v) is 6.62. The lowest BCUT2D eigenvalue weighted by atomic mass is 10.0. The van der Waals surface area contributed by atoms with Gasteiger partial charge in [-0.2, -0.15) is 13.2 Å². The van der Waals surface area contributed by atoms with Crippen molar-refractivity contribution in [1.82, 2.24) is 0 Å². The van der Waals surface area contributed by atoms with Crippen LogP contribution in [0.4, 0.5) is 18.9 Å². The van der Waals surface area contributed by atoms with Gasteiger partial charge < -0.3 is 10.1 Å². The molecule has 2 aromatic carbocycles. The van der Waals surface area contributed by atoms with Crippen LogP contribution in [0.3, 0.4) is 0 Å². The second-order valence-corrected chi connectivity index (χ2v) is 5.11. The Bertz CT molecular complexity index is 667. The van der Waals surface area contributed by atoms with Gasteiger partial charge in [0, 0.05) is 0 Å². The summed E-state index contributed by atoms with van der Waals surface area (Å²) in [6, 6.07) is 11.0. The zero-order chi connectivity index (χ0) is 15.0. The molecule has 0 aromatic heterocycles. The maximum Gasteiger partial charge on any atom is 0.416 e. The lowest BCUT2D eigenvalue weighted by Crippen LogP contribution is -2.24. The van der Waals surface area contributed by atoms with Crippen molar-refractivity contribution < 1.29 is 17.9 Å². The predicted molar refractivity (Wildman–Crippen MR) is 74.5 cm³/mol. The molecule has 0 aliphatic carbocycles. The standard InChI is InChI=1S/C16H14F3NO/c1-10-5-6-13-14(7-10)21-15(9-20-13)11-3-2-4-12(8-11)16(17,18)19/h2-8,15,20H,9H2,1H3. The highest BCUT2D eigenvalue weighted by Gasteiger charge is 2.31. The van der Waals surface area contributed by atoms with Gasteiger partial charge in [-0.15, -0.1) is 0 Å². The zero-order valence-electron chi connectivity index (χ0n) is 11.4. The van der Waals surface area contributed by atoms with Crippen molar-refractivity contribution >= 4 is 5.69 Å². The molecule has 1 heterocycles. The number of ether oxygens (including phenoxy) is 1. The Balaban J connectivity index is 1.89. The smallest absolute Gasteiger partial charge is 0.416 e. The average Bonchev–Trinajstić information content (AvgIpc) is 2.45. The highest BCUT2D eigenvalue weighted by Crippen LogP contribution is 2.36. The van der Waals surface area contributed by atoms with Crippen molar-refractivity contribution in [2.45, 2.75) is 19.2 Å². The molecular weight excluding hydrogens is 279 g/mol. The van der Waals surface area contributed by atoms with Crippen molar-refractivity contribution in [2.75, 3.05) is 11.9 Å². The summed E-state index contributed by atoms with van der Waals surface area (Å²) in [5.41, 5.74) is 1.77. The molecule has 0 spiro atoms. The van der Waals surface area contributed by atoms with Crippen molar-refractivity contribution in [1.29, 1.82) is 0 Å². The first kappa shape index (κ1) is 13.8. The van der Waals surface area contributed by atoms with Crippen LogP contribution in [0.25, 0.3) is 0 Å². The van der Waals surface area contributed by atoms with Gasteiger partial charge in [0.2, 0.25) is 0 Å². The summed E-state index contributed by atoms with van der Waals surface area (Å²) < 4.78 is 44.1. The molecule has 0 saturated heterocycles. The molecule has 2 nitrogen and oxygen atoms in total. The molecular formula is C16H14F3NO. The predicted octanol–water partition coefficient (Wildman–Crippen LogP) is 4.56. The van der Waals surface area contributed by atoms with E-state index >= 15 is 0 Å². The van der Waals surface area contributed by atoms with Crippen LogP contribution in [-0.4, -0.2) is 6.54 Å². The lowest BCUT2D eigenvalue weighted by Gasteiger charge is -2.28. The summed E-state index contributed by atoms with van der Waals surface area (Å²) in [4.78, 5) is 0. The van der Waals surface area contributed by atoms with Crippen LogP contribution in [0.15, 0.2) is 42.5 Å². The second-order valence-electron chi connectivity index (χ2n) is 5.11. The number of aryl methyl sites for hydroxylation is 1. The van der Waals surface area contributed by atoms with Crippen LogP contribution >= 0.6 is 0 Å². The molecule has 0 bridgehead atoms. The number of alkyl halides is 3. The molecule has 110 valence electrons. The van der Waals surface area contributed by atoms with Gasteiger partial charge in [0.15, 0.2) is 0 Å². The van der Waals surface area contributed by atoms with E-state index < -0.39 is 17.8 Å². The average molecular weight is 293 g/mol. The van der Waals surface area contributed by atoms with Crippen LogP contribution in [0, 0.1) is 6.92 Å². The molecule has 0 fully saturated rings. The van der Waals surface area contributed by atoms with E-state index in [-0.39, 0.29) is 0 Å². The van der Waals surface area contributed by atoms with E-state index in [0.717, 1.165) is 23.4 Å². The number of benzene rings is 2. The van der Waals surface area contributed by atoms with Gasteiger partial charge in [0.05, 0.1) is 17.8 Å². The largest absolute Gasteiger partial charge is 0.482 e. The Morgan fingerprint density at radius 1 is 1.14 bits per heavy atom. The molecule has 0 saturated carbocycles. The van der Waals surface area contributed by atoms with Gasteiger partial charge in [-0.25, -0.2) is 0 Å². The molecule has 5 heteroatoms. The maximum atomic E-state index is 12.8. The minimum Gasteiger partial charge on any atom is -0.482 e. The van der Waals surface area contributed by atoms with Crippen LogP contribution < -0.4 is 10.1 Å². The molecule has 1 aliphatic heterocycles. The van der Waals surface area contributed by atoms with Gasteiger partial charge in [-0.05, 0) is 42.3 Å². The molecule has 1 aliphatic rings. The van der Waals surface area contributed by atoms with Crippen molar-refractivity contribution in [3.05, 3.63) is 59.2 Å². The number of hydrogen-bond donors (Lipinski definition) is 1. The third kappa shape index (κ3) is 2.82. The first-order chi connectivity index (χ1) is 9.93. The van der Waals surface area contributed by atoms with E-state index in [1.165, 1.54) is 6.07 Å². The topological polar surface area (TPSA) is 21.3 Å². The summed E-state index contributed by atoms with van der Waals surface area (Å²) in [7, 11) is 0. The maximum absolute atomic E-state index is 12.8. The Hall–Kier alpha value is -2.17. The van der Waals surface area contributed by atoms with Crippen molar-refractivity contribution in [3.63, 3.8) is 0 Å². The monoisotopic (exact) mass is 293 g/mol. The zero-order valence-corrected chi connectivity index (χ0v) is 11.4. The quantitative estimate of drug-likeness (QED) is 0.832. The number of rotatable bonds is 1. The number of nitrogens with one attached hydrogen (secondary N) is 1. The van der Waals surface area contributed by atoms with Crippen LogP contribution in [0.5, 0.6) is 5.75 Å². The molecule has 2 aromatic rings. The minimum absolute atomic E-state index is 0.429. The first-order valence-electron chi connectivity index (χ1n) is 6.62. The third-order valence-corrected chi connectivity index (χ3v) is 3.47. The van der Waals surface area contributed by atoms with Crippen LogP contribution in [-0.2, 0) is 6.18 Å². The summed E-state index contributed by atoms with van der Waals surface area (Å²) in [6.07, 6.45) is -4.77. The molecule has 1 N–H and O–H groups in total. The highest BCUT2D eigenvalue weighted by molar-refractivity contribution is 5.59. The van der Waals surface area contributed by atoms with Gasteiger partial charge in [-0.3, -0.25) is 0 Å². The van der Waals surface area contributed by atoms with Crippen LogP contribution in [0.2, 0.25) is 0 Å². The van der Waals surface area contributed by atoms with E-state index in [4.69, 9.17) is 4.74 Å². The number of fused-ring (bicyclic) bond motifs is 1. The van der Waals surface area contributed by atoms with Crippen molar-refractivity contribution in [2.24, 2.45) is 0 Å². The molecule has 21 heavy (non-hydrogen) atoms. The molecule has 0 radical (unpaired) electrons. The van der Waals surface area contributed by atoms with Gasteiger partial charge in [-0.1, -0.05) is 18.2 Å². The summed E-state index contributed by atoms with van der Waals surface area (Å²) in [5.74, 6) is 0.670. The van der Waals surface area contributed by atoms with Crippen molar-refractivity contribution in [3.8, 4) is 5.75 Å². The second kappa shape index (κ2) is 4.98. The summed E-state index contributed by atoms with van der Waals surface area (Å²) >= 11 is 0. The summed E-state index contributed by atoms with van der Waals surface area (Å²) in [6.45, 7) is 2.38. The van der Waals surface area contributed by atoms with Gasteiger partial charge in [0.1, 0.15) is 11.9 Å². The van der Waals surface area contributed by atoms with Gasteiger partial charge >= 0.3 is 6.18 Å². The highest BCUT2D eigenvalue weighted by atomic mass is 19.4. The molecule has 1 unspecified atom stereocenters. The fourth-order valence-corrected chi connectivity index (χ4v) is 2.37. The number of hydrogen-bond acceptors (Lipinski definition) is 2. The van der Waals surface area contributed by atoms with Crippen LogP contribution in [0.1, 0.15) is 22.8 Å². The Morgan fingerprint density at radius 2 is 1.95 bits per heavy atom. The normalized spacial score (nSPS) is 17.6. The fourth-order valence-electron chi connectivity index (χ4n) is 2.37. The summed E-state index contributed by atoms with van der Waals surface area (Å²) in [5, 5.41) is 3.19. The number of halogens is 3. The molecule has 1 atom stereocenters. The lowest BCUT2D eigenvalue weighted by molar-refractivity contribution is -0.137. The Morgan fingerprint density at radius 3 is 2.71 bits per heavy atom. The fraction of sp³-hybridized carbons (Fsp3) is 0.250. The van der Waals surface area contributed by atoms with E-state index in [9.17, 15) is 13.2 Å². The Labute approximate surface area is 120 Å². The van der Waals surface area contributed by atoms with E-state index in [2.05, 4.69) is 5.32 Å². The molecule has 0 amide bonds. The third-order valence-electron chi connectivity index (χ3n) is 3.47. The SMILES string of the molecule is Cc1ccc2c(c1)OC(c1cccc(C(F)(F)F)c1)CN2. The van der Waals surface area contributed by atoms with E-state index in [1.54, 1.807) is 6.07 Å². The van der Waals surface area contributed by atoms with Gasteiger partial charge in [0.25, 0.3) is 0 Å². The van der Waals surface area contributed by atoms with E-state index in [1.807, 2.05) is 25.1 Å².